The van der Waals surface area contributed by atoms with Crippen molar-refractivity contribution in [2.45, 2.75) is 32.4 Å². The number of aromatic nitrogens is 2. The van der Waals surface area contributed by atoms with Crippen molar-refractivity contribution in [3.05, 3.63) is 11.9 Å². The molecule has 1 aliphatic rings. The molecule has 5 nitrogen and oxygen atoms in total. The van der Waals surface area contributed by atoms with Gasteiger partial charge in [-0.1, -0.05) is 13.3 Å². The molecule has 2 unspecified atom stereocenters. The molecule has 1 N–H and O–H groups in total. The van der Waals surface area contributed by atoms with Crippen molar-refractivity contribution in [2.75, 3.05) is 14.2 Å². The van der Waals surface area contributed by atoms with E-state index in [-0.39, 0.29) is 0 Å². The number of ether oxygens (including phenoxy) is 2. The van der Waals surface area contributed by atoms with Crippen molar-refractivity contribution >= 4 is 0 Å². The van der Waals surface area contributed by atoms with Crippen LogP contribution in [0.2, 0.25) is 0 Å². The zero-order chi connectivity index (χ0) is 12.3. The van der Waals surface area contributed by atoms with Crippen LogP contribution in [0.3, 0.4) is 0 Å². The van der Waals surface area contributed by atoms with Crippen molar-refractivity contribution in [2.24, 2.45) is 5.92 Å². The first-order valence-electron chi connectivity index (χ1n) is 5.95. The van der Waals surface area contributed by atoms with Gasteiger partial charge in [0.2, 0.25) is 11.8 Å². The molecule has 0 aliphatic heterocycles. The normalized spacial score (nSPS) is 22.3. The standard InChI is InChI=1S/C12H19N3O2/c1-4-8-5-10(8)13-6-9-11(16-2)14-7-15-12(9)17-3/h7-8,10,13H,4-6H2,1-3H3. The molecule has 1 aliphatic carbocycles. The third kappa shape index (κ3) is 2.66. The Labute approximate surface area is 102 Å². The van der Waals surface area contributed by atoms with Crippen molar-refractivity contribution in [1.29, 1.82) is 0 Å². The number of rotatable bonds is 6. The molecule has 5 heteroatoms. The van der Waals surface area contributed by atoms with Crippen LogP contribution in [0, 0.1) is 5.92 Å². The van der Waals surface area contributed by atoms with Gasteiger partial charge in [-0.05, 0) is 12.3 Å². The highest BCUT2D eigenvalue weighted by atomic mass is 16.5. The molecule has 2 rings (SSSR count). The summed E-state index contributed by atoms with van der Waals surface area (Å²) in [6.07, 6.45) is 3.94. The molecule has 0 saturated heterocycles. The lowest BCUT2D eigenvalue weighted by Gasteiger charge is -2.11. The van der Waals surface area contributed by atoms with Crippen LogP contribution in [0.15, 0.2) is 6.33 Å². The topological polar surface area (TPSA) is 56.3 Å². The number of hydrogen-bond donors (Lipinski definition) is 1. The SMILES string of the molecule is CCC1CC1NCc1c(OC)ncnc1OC. The Morgan fingerprint density at radius 3 is 2.41 bits per heavy atom. The summed E-state index contributed by atoms with van der Waals surface area (Å²) in [7, 11) is 3.22. The fourth-order valence-corrected chi connectivity index (χ4v) is 2.07. The van der Waals surface area contributed by atoms with Gasteiger partial charge in [0.15, 0.2) is 0 Å². The van der Waals surface area contributed by atoms with E-state index in [0.29, 0.717) is 24.3 Å². The molecule has 1 aromatic rings. The molecule has 1 saturated carbocycles. The van der Waals surface area contributed by atoms with Gasteiger partial charge in [-0.15, -0.1) is 0 Å². The average molecular weight is 237 g/mol. The molecular weight excluding hydrogens is 218 g/mol. The minimum absolute atomic E-state index is 0.582. The van der Waals surface area contributed by atoms with E-state index in [9.17, 15) is 0 Å². The maximum Gasteiger partial charge on any atom is 0.224 e. The predicted molar refractivity (Wildman–Crippen MR) is 64.2 cm³/mol. The summed E-state index contributed by atoms with van der Waals surface area (Å²) in [5, 5.41) is 3.48. The van der Waals surface area contributed by atoms with E-state index in [0.717, 1.165) is 11.5 Å². The Hall–Kier alpha value is -1.36. The third-order valence-electron chi connectivity index (χ3n) is 3.24. The minimum atomic E-state index is 0.582. The zero-order valence-electron chi connectivity index (χ0n) is 10.6. The highest BCUT2D eigenvalue weighted by Gasteiger charge is 2.34. The lowest BCUT2D eigenvalue weighted by Crippen LogP contribution is -2.19. The van der Waals surface area contributed by atoms with E-state index in [2.05, 4.69) is 22.2 Å². The maximum atomic E-state index is 5.22. The Morgan fingerprint density at radius 2 is 1.94 bits per heavy atom. The van der Waals surface area contributed by atoms with Crippen LogP contribution in [-0.2, 0) is 6.54 Å². The molecular formula is C12H19N3O2. The van der Waals surface area contributed by atoms with Gasteiger partial charge in [-0.25, -0.2) is 9.97 Å². The minimum Gasteiger partial charge on any atom is -0.481 e. The predicted octanol–water partition coefficient (Wildman–Crippen LogP) is 1.38. The molecule has 2 atom stereocenters. The van der Waals surface area contributed by atoms with Gasteiger partial charge in [0.25, 0.3) is 0 Å². The second kappa shape index (κ2) is 5.31. The Kier molecular flexibility index (Phi) is 3.78. The van der Waals surface area contributed by atoms with Crippen LogP contribution in [0.25, 0.3) is 0 Å². The van der Waals surface area contributed by atoms with E-state index in [4.69, 9.17) is 9.47 Å². The largest absolute Gasteiger partial charge is 0.481 e. The lowest BCUT2D eigenvalue weighted by atomic mass is 10.3. The van der Waals surface area contributed by atoms with Gasteiger partial charge < -0.3 is 14.8 Å². The lowest BCUT2D eigenvalue weighted by molar-refractivity contribution is 0.359. The molecule has 1 fully saturated rings. The number of methoxy groups -OCH3 is 2. The van der Waals surface area contributed by atoms with Gasteiger partial charge in [0.05, 0.1) is 19.8 Å². The third-order valence-corrected chi connectivity index (χ3v) is 3.24. The van der Waals surface area contributed by atoms with Crippen molar-refractivity contribution in [3.63, 3.8) is 0 Å². The van der Waals surface area contributed by atoms with Crippen molar-refractivity contribution in [1.82, 2.24) is 15.3 Å². The van der Waals surface area contributed by atoms with Crippen LogP contribution in [0.1, 0.15) is 25.3 Å². The van der Waals surface area contributed by atoms with Crippen LogP contribution in [0.4, 0.5) is 0 Å². The van der Waals surface area contributed by atoms with Crippen LogP contribution in [0.5, 0.6) is 11.8 Å². The van der Waals surface area contributed by atoms with E-state index in [1.165, 1.54) is 19.2 Å². The molecule has 0 spiro atoms. The van der Waals surface area contributed by atoms with E-state index in [1.54, 1.807) is 14.2 Å². The van der Waals surface area contributed by atoms with E-state index >= 15 is 0 Å². The summed E-state index contributed by atoms with van der Waals surface area (Å²) in [6.45, 7) is 2.91. The molecule has 0 amide bonds. The van der Waals surface area contributed by atoms with Gasteiger partial charge >= 0.3 is 0 Å². The maximum absolute atomic E-state index is 5.22. The summed E-state index contributed by atoms with van der Waals surface area (Å²) in [5.41, 5.74) is 0.888. The van der Waals surface area contributed by atoms with Gasteiger partial charge in [-0.3, -0.25) is 0 Å². The van der Waals surface area contributed by atoms with Crippen molar-refractivity contribution in [3.8, 4) is 11.8 Å². The summed E-state index contributed by atoms with van der Waals surface area (Å²) in [5.74, 6) is 1.98. The van der Waals surface area contributed by atoms with Crippen LogP contribution in [-0.4, -0.2) is 30.2 Å². The summed E-state index contributed by atoms with van der Waals surface area (Å²) in [6, 6.07) is 0.620. The van der Waals surface area contributed by atoms with Crippen molar-refractivity contribution < 1.29 is 9.47 Å². The van der Waals surface area contributed by atoms with E-state index in [1.807, 2.05) is 0 Å². The monoisotopic (exact) mass is 237 g/mol. The second-order valence-corrected chi connectivity index (χ2v) is 4.26. The first kappa shape index (κ1) is 12.1. The molecule has 1 aromatic heterocycles. The van der Waals surface area contributed by atoms with Gasteiger partial charge in [0, 0.05) is 12.6 Å². The second-order valence-electron chi connectivity index (χ2n) is 4.26. The van der Waals surface area contributed by atoms with Crippen LogP contribution >= 0.6 is 0 Å². The number of nitrogens with zero attached hydrogens (tertiary/aromatic N) is 2. The number of nitrogens with one attached hydrogen (secondary N) is 1. The quantitative estimate of drug-likeness (QED) is 0.810. The highest BCUT2D eigenvalue weighted by molar-refractivity contribution is 5.34. The zero-order valence-corrected chi connectivity index (χ0v) is 10.6. The highest BCUT2D eigenvalue weighted by Crippen LogP contribution is 2.34. The average Bonchev–Trinajstić information content (AvgIpc) is 3.14. The number of hydrogen-bond acceptors (Lipinski definition) is 5. The molecule has 0 radical (unpaired) electrons. The molecule has 0 bridgehead atoms. The van der Waals surface area contributed by atoms with Gasteiger partial charge in [-0.2, -0.15) is 0 Å². The first-order chi connectivity index (χ1) is 8.30. The Balaban J connectivity index is 2.03. The molecule has 1 heterocycles. The fraction of sp³-hybridized carbons (Fsp3) is 0.667. The Bertz CT molecular complexity index is 362. The molecule has 17 heavy (non-hydrogen) atoms. The fourth-order valence-electron chi connectivity index (χ4n) is 2.07. The van der Waals surface area contributed by atoms with Gasteiger partial charge in [0.1, 0.15) is 6.33 Å². The van der Waals surface area contributed by atoms with E-state index < -0.39 is 0 Å². The first-order valence-corrected chi connectivity index (χ1v) is 5.95. The molecule has 0 aromatic carbocycles. The summed E-state index contributed by atoms with van der Waals surface area (Å²) in [4.78, 5) is 8.18. The summed E-state index contributed by atoms with van der Waals surface area (Å²) >= 11 is 0. The van der Waals surface area contributed by atoms with Crippen LogP contribution < -0.4 is 14.8 Å². The smallest absolute Gasteiger partial charge is 0.224 e. The molecule has 94 valence electrons. The Morgan fingerprint density at radius 1 is 1.29 bits per heavy atom. The summed E-state index contributed by atoms with van der Waals surface area (Å²) < 4.78 is 10.4.